The SMILES string of the molecule is COc1ccc(-n2c(=S)n(CN3CCC[C@@H](O)C3)c3ccccc32)cc1. The van der Waals surface area contributed by atoms with Crippen molar-refractivity contribution in [2.24, 2.45) is 0 Å². The summed E-state index contributed by atoms with van der Waals surface area (Å²) in [6.07, 6.45) is 1.66. The summed E-state index contributed by atoms with van der Waals surface area (Å²) in [7, 11) is 1.67. The van der Waals surface area contributed by atoms with Gasteiger partial charge in [-0.1, -0.05) is 12.1 Å². The molecule has 1 saturated heterocycles. The highest BCUT2D eigenvalue weighted by molar-refractivity contribution is 7.71. The molecule has 1 atom stereocenters. The van der Waals surface area contributed by atoms with Crippen molar-refractivity contribution in [3.05, 3.63) is 53.3 Å². The fourth-order valence-electron chi connectivity index (χ4n) is 3.69. The number of aliphatic hydroxyl groups is 1. The Morgan fingerprint density at radius 2 is 1.85 bits per heavy atom. The first-order valence-electron chi connectivity index (χ1n) is 8.92. The number of aliphatic hydroxyl groups excluding tert-OH is 1. The molecule has 1 aliphatic heterocycles. The number of imidazole rings is 1. The zero-order valence-electron chi connectivity index (χ0n) is 14.8. The van der Waals surface area contributed by atoms with Crippen LogP contribution in [0.1, 0.15) is 12.8 Å². The summed E-state index contributed by atoms with van der Waals surface area (Å²) >= 11 is 5.84. The standard InChI is InChI=1S/C20H23N3O2S/c1-25-17-10-8-15(9-11-17)23-19-7-3-2-6-18(19)22(20(23)26)14-21-12-4-5-16(24)13-21/h2-3,6-11,16,24H,4-5,12-14H2,1H3/t16-/m1/s1. The van der Waals surface area contributed by atoms with Gasteiger partial charge < -0.3 is 14.4 Å². The molecule has 0 bridgehead atoms. The van der Waals surface area contributed by atoms with Gasteiger partial charge in [0.2, 0.25) is 0 Å². The second-order valence-electron chi connectivity index (χ2n) is 6.75. The van der Waals surface area contributed by atoms with Crippen molar-refractivity contribution < 1.29 is 9.84 Å². The van der Waals surface area contributed by atoms with Crippen LogP contribution >= 0.6 is 12.2 Å². The smallest absolute Gasteiger partial charge is 0.186 e. The largest absolute Gasteiger partial charge is 0.497 e. The molecule has 0 saturated carbocycles. The summed E-state index contributed by atoms with van der Waals surface area (Å²) in [6.45, 7) is 2.38. The number of rotatable bonds is 4. The molecule has 0 spiro atoms. The average Bonchev–Trinajstić information content (AvgIpc) is 2.94. The van der Waals surface area contributed by atoms with Gasteiger partial charge in [0, 0.05) is 18.8 Å². The average molecular weight is 369 g/mol. The summed E-state index contributed by atoms with van der Waals surface area (Å²) < 4.78 is 10.3. The molecule has 0 amide bonds. The lowest BCUT2D eigenvalue weighted by Gasteiger charge is -2.30. The summed E-state index contributed by atoms with van der Waals surface area (Å²) in [5, 5.41) is 9.98. The van der Waals surface area contributed by atoms with E-state index in [0.717, 1.165) is 46.6 Å². The van der Waals surface area contributed by atoms with Crippen molar-refractivity contribution in [2.75, 3.05) is 20.2 Å². The van der Waals surface area contributed by atoms with E-state index in [-0.39, 0.29) is 6.10 Å². The summed E-state index contributed by atoms with van der Waals surface area (Å²) in [4.78, 5) is 2.27. The first-order chi connectivity index (χ1) is 12.7. The molecule has 1 N–H and O–H groups in total. The van der Waals surface area contributed by atoms with Crippen molar-refractivity contribution in [3.8, 4) is 11.4 Å². The van der Waals surface area contributed by atoms with Crippen LogP contribution in [-0.2, 0) is 6.67 Å². The van der Waals surface area contributed by atoms with Gasteiger partial charge in [-0.15, -0.1) is 0 Å². The number of piperidine rings is 1. The summed E-state index contributed by atoms with van der Waals surface area (Å²) in [5.41, 5.74) is 3.21. The Morgan fingerprint density at radius 1 is 1.12 bits per heavy atom. The second kappa shape index (κ2) is 7.23. The van der Waals surface area contributed by atoms with E-state index in [9.17, 15) is 5.11 Å². The van der Waals surface area contributed by atoms with Crippen molar-refractivity contribution >= 4 is 23.3 Å². The monoisotopic (exact) mass is 369 g/mol. The number of β-amino-alcohol motifs (C(OH)–C–C–N with tert-alkyl or cyclic N) is 1. The highest BCUT2D eigenvalue weighted by Crippen LogP contribution is 2.25. The van der Waals surface area contributed by atoms with Gasteiger partial charge >= 0.3 is 0 Å². The van der Waals surface area contributed by atoms with Crippen LogP contribution in [0.5, 0.6) is 5.75 Å². The van der Waals surface area contributed by atoms with E-state index < -0.39 is 0 Å². The number of likely N-dealkylation sites (tertiary alicyclic amines) is 1. The molecule has 0 aliphatic carbocycles. The minimum atomic E-state index is -0.243. The Kier molecular flexibility index (Phi) is 4.80. The first-order valence-corrected chi connectivity index (χ1v) is 9.33. The molecule has 1 aromatic heterocycles. The highest BCUT2D eigenvalue weighted by Gasteiger charge is 2.20. The van der Waals surface area contributed by atoms with Crippen molar-refractivity contribution in [2.45, 2.75) is 25.6 Å². The molecule has 4 rings (SSSR count). The Labute approximate surface area is 158 Å². The minimum Gasteiger partial charge on any atom is -0.497 e. The fourth-order valence-corrected chi connectivity index (χ4v) is 4.05. The van der Waals surface area contributed by atoms with E-state index in [0.29, 0.717) is 13.2 Å². The predicted octanol–water partition coefficient (Wildman–Crippen LogP) is 3.58. The maximum atomic E-state index is 9.98. The van der Waals surface area contributed by atoms with Crippen molar-refractivity contribution in [1.29, 1.82) is 0 Å². The maximum Gasteiger partial charge on any atom is 0.186 e. The third-order valence-corrected chi connectivity index (χ3v) is 5.39. The molecule has 5 nitrogen and oxygen atoms in total. The van der Waals surface area contributed by atoms with E-state index in [4.69, 9.17) is 17.0 Å². The van der Waals surface area contributed by atoms with Gasteiger partial charge in [0.25, 0.3) is 0 Å². The maximum absolute atomic E-state index is 9.98. The van der Waals surface area contributed by atoms with Gasteiger partial charge in [-0.05, 0) is 61.5 Å². The van der Waals surface area contributed by atoms with E-state index in [1.165, 1.54) is 0 Å². The molecule has 3 aromatic rings. The fraction of sp³-hybridized carbons (Fsp3) is 0.350. The lowest BCUT2D eigenvalue weighted by atomic mass is 10.1. The Bertz CT molecular complexity index is 961. The van der Waals surface area contributed by atoms with Crippen LogP contribution in [0.4, 0.5) is 0 Å². The normalized spacial score (nSPS) is 18.3. The Balaban J connectivity index is 1.79. The molecule has 1 aliphatic rings. The summed E-state index contributed by atoms with van der Waals surface area (Å²) in [5.74, 6) is 0.825. The number of benzene rings is 2. The number of para-hydroxylation sites is 2. The van der Waals surface area contributed by atoms with Crippen LogP contribution in [0.2, 0.25) is 0 Å². The number of methoxy groups -OCH3 is 1. The van der Waals surface area contributed by atoms with Crippen LogP contribution in [-0.4, -0.2) is 45.4 Å². The van der Waals surface area contributed by atoms with Crippen LogP contribution in [0, 0.1) is 4.77 Å². The van der Waals surface area contributed by atoms with Crippen LogP contribution < -0.4 is 4.74 Å². The Morgan fingerprint density at radius 3 is 2.54 bits per heavy atom. The Hall–Kier alpha value is -2.15. The number of hydrogen-bond acceptors (Lipinski definition) is 4. The van der Waals surface area contributed by atoms with Gasteiger partial charge in [0.1, 0.15) is 5.75 Å². The number of fused-ring (bicyclic) bond motifs is 1. The molecular formula is C20H23N3O2S. The quantitative estimate of drug-likeness (QED) is 0.714. The molecule has 2 heterocycles. The third-order valence-electron chi connectivity index (χ3n) is 4.99. The zero-order valence-corrected chi connectivity index (χ0v) is 15.7. The van der Waals surface area contributed by atoms with E-state index in [2.05, 4.69) is 26.2 Å². The van der Waals surface area contributed by atoms with Crippen LogP contribution in [0.15, 0.2) is 48.5 Å². The van der Waals surface area contributed by atoms with Crippen LogP contribution in [0.3, 0.4) is 0 Å². The molecule has 136 valence electrons. The number of aromatic nitrogens is 2. The topological polar surface area (TPSA) is 42.6 Å². The van der Waals surface area contributed by atoms with E-state index >= 15 is 0 Å². The van der Waals surface area contributed by atoms with Gasteiger partial charge in [0.15, 0.2) is 4.77 Å². The predicted molar refractivity (Wildman–Crippen MR) is 105 cm³/mol. The van der Waals surface area contributed by atoms with Gasteiger partial charge in [-0.25, -0.2) is 0 Å². The highest BCUT2D eigenvalue weighted by atomic mass is 32.1. The molecule has 26 heavy (non-hydrogen) atoms. The number of hydrogen-bond donors (Lipinski definition) is 1. The van der Waals surface area contributed by atoms with Crippen molar-refractivity contribution in [1.82, 2.24) is 14.0 Å². The first kappa shape index (κ1) is 17.3. The molecule has 0 radical (unpaired) electrons. The lowest BCUT2D eigenvalue weighted by molar-refractivity contribution is 0.0548. The second-order valence-corrected chi connectivity index (χ2v) is 7.11. The van der Waals surface area contributed by atoms with E-state index in [1.807, 2.05) is 36.4 Å². The number of nitrogens with zero attached hydrogens (tertiary/aromatic N) is 3. The lowest BCUT2D eigenvalue weighted by Crippen LogP contribution is -2.39. The minimum absolute atomic E-state index is 0.243. The molecule has 2 aromatic carbocycles. The van der Waals surface area contributed by atoms with E-state index in [1.54, 1.807) is 7.11 Å². The zero-order chi connectivity index (χ0) is 18.1. The van der Waals surface area contributed by atoms with Crippen LogP contribution in [0.25, 0.3) is 16.7 Å². The third kappa shape index (κ3) is 3.16. The number of ether oxygens (including phenoxy) is 1. The van der Waals surface area contributed by atoms with Gasteiger partial charge in [-0.3, -0.25) is 9.47 Å². The van der Waals surface area contributed by atoms with Gasteiger partial charge in [0.05, 0.1) is 30.9 Å². The molecular weight excluding hydrogens is 346 g/mol. The molecule has 0 unspecified atom stereocenters. The van der Waals surface area contributed by atoms with Crippen molar-refractivity contribution in [3.63, 3.8) is 0 Å². The molecule has 1 fully saturated rings. The molecule has 6 heteroatoms. The summed E-state index contributed by atoms with van der Waals surface area (Å²) in [6, 6.07) is 16.2. The van der Waals surface area contributed by atoms with Gasteiger partial charge in [-0.2, -0.15) is 0 Å².